The van der Waals surface area contributed by atoms with Crippen molar-refractivity contribution in [2.24, 2.45) is 0 Å². The summed E-state index contributed by atoms with van der Waals surface area (Å²) < 4.78 is 14.5. The maximum absolute atomic E-state index is 13.0. The Morgan fingerprint density at radius 1 is 1.60 bits per heavy atom. The molecule has 1 fully saturated rings. The van der Waals surface area contributed by atoms with Crippen molar-refractivity contribution in [3.8, 4) is 0 Å². The Morgan fingerprint density at radius 2 is 2.45 bits per heavy atom. The van der Waals surface area contributed by atoms with Gasteiger partial charge in [-0.2, -0.15) is 0 Å². The lowest BCUT2D eigenvalue weighted by Gasteiger charge is -2.10. The van der Waals surface area contributed by atoms with Crippen LogP contribution in [-0.2, 0) is 0 Å². The number of carbonyl (C=O) groups excluding carboxylic acids is 1. The van der Waals surface area contributed by atoms with Crippen LogP contribution in [0.5, 0.6) is 0 Å². The fraction of sp³-hybridized carbons (Fsp3) is 0.500. The molecule has 0 radical (unpaired) electrons. The number of hydrogen-bond donors (Lipinski definition) is 2. The first-order valence-corrected chi connectivity index (χ1v) is 6.47. The Morgan fingerprint density at radius 3 is 3.20 bits per heavy atom. The van der Waals surface area contributed by atoms with Crippen molar-refractivity contribution >= 4 is 11.7 Å². The number of nitrogens with zero attached hydrogens (tertiary/aromatic N) is 4. The molecular weight excluding hydrogens is 263 g/mol. The highest BCUT2D eigenvalue weighted by Gasteiger charge is 2.24. The summed E-state index contributed by atoms with van der Waals surface area (Å²) in [6.07, 6.45) is 1.29. The second kappa shape index (κ2) is 5.12. The highest BCUT2D eigenvalue weighted by atomic mass is 19.1. The van der Waals surface area contributed by atoms with Crippen molar-refractivity contribution in [1.82, 2.24) is 30.2 Å². The number of alkyl halides is 1. The van der Waals surface area contributed by atoms with Gasteiger partial charge in [0.05, 0.1) is 0 Å². The lowest BCUT2D eigenvalue weighted by Crippen LogP contribution is -2.37. The molecule has 1 aliphatic heterocycles. The Bertz CT molecular complexity index is 642. The van der Waals surface area contributed by atoms with E-state index in [-0.39, 0.29) is 17.8 Å². The van der Waals surface area contributed by atoms with E-state index < -0.39 is 6.17 Å². The van der Waals surface area contributed by atoms with Crippen LogP contribution in [0.2, 0.25) is 0 Å². The highest BCUT2D eigenvalue weighted by Crippen LogP contribution is 2.09. The summed E-state index contributed by atoms with van der Waals surface area (Å²) in [5.74, 6) is 0.229. The standard InChI is InChI=1S/C12H15FN6O/c1-7-2-3-19-10(17-18-12(19)16-7)11(20)15-6-9-4-8(13)5-14-9/h2-3,8-9,14H,4-6H2,1H3,(H,15,20)/t8-,9-/m0/s1. The predicted molar refractivity (Wildman–Crippen MR) is 69.2 cm³/mol. The van der Waals surface area contributed by atoms with E-state index in [2.05, 4.69) is 25.8 Å². The van der Waals surface area contributed by atoms with E-state index in [1.165, 1.54) is 4.40 Å². The monoisotopic (exact) mass is 278 g/mol. The molecule has 8 heteroatoms. The number of aryl methyl sites for hydroxylation is 1. The summed E-state index contributed by atoms with van der Waals surface area (Å²) in [4.78, 5) is 16.2. The normalized spacial score (nSPS) is 22.3. The first-order chi connectivity index (χ1) is 9.63. The first-order valence-electron chi connectivity index (χ1n) is 6.47. The number of rotatable bonds is 3. The van der Waals surface area contributed by atoms with Crippen molar-refractivity contribution in [1.29, 1.82) is 0 Å². The van der Waals surface area contributed by atoms with Crippen LogP contribution in [0.3, 0.4) is 0 Å². The van der Waals surface area contributed by atoms with Crippen LogP contribution in [-0.4, -0.2) is 50.8 Å². The van der Waals surface area contributed by atoms with Crippen molar-refractivity contribution < 1.29 is 9.18 Å². The zero-order valence-electron chi connectivity index (χ0n) is 11.0. The van der Waals surface area contributed by atoms with E-state index in [0.29, 0.717) is 25.3 Å². The molecule has 3 heterocycles. The molecule has 7 nitrogen and oxygen atoms in total. The Hall–Kier alpha value is -2.09. The van der Waals surface area contributed by atoms with Gasteiger partial charge in [-0.15, -0.1) is 10.2 Å². The van der Waals surface area contributed by atoms with E-state index in [0.717, 1.165) is 5.69 Å². The lowest BCUT2D eigenvalue weighted by molar-refractivity contribution is 0.0938. The predicted octanol–water partition coefficient (Wildman–Crippen LogP) is -0.137. The molecule has 2 N–H and O–H groups in total. The molecule has 0 spiro atoms. The SMILES string of the molecule is Cc1ccn2c(C(=O)NC[C@@H]3C[C@H](F)CN3)nnc2n1. The molecule has 1 amide bonds. The number of carbonyl (C=O) groups is 1. The van der Waals surface area contributed by atoms with E-state index in [1.807, 2.05) is 6.92 Å². The van der Waals surface area contributed by atoms with Crippen LogP contribution in [0.1, 0.15) is 22.7 Å². The lowest BCUT2D eigenvalue weighted by atomic mass is 10.2. The van der Waals surface area contributed by atoms with E-state index in [9.17, 15) is 9.18 Å². The Balaban J connectivity index is 1.69. The van der Waals surface area contributed by atoms with Crippen molar-refractivity contribution in [3.05, 3.63) is 23.8 Å². The largest absolute Gasteiger partial charge is 0.348 e. The zero-order chi connectivity index (χ0) is 14.1. The van der Waals surface area contributed by atoms with Crippen LogP contribution < -0.4 is 10.6 Å². The molecule has 2 aromatic heterocycles. The molecular formula is C12H15FN6O. The van der Waals surface area contributed by atoms with Gasteiger partial charge in [-0.1, -0.05) is 0 Å². The number of halogens is 1. The average Bonchev–Trinajstić information content (AvgIpc) is 3.01. The van der Waals surface area contributed by atoms with Crippen molar-refractivity contribution in [3.63, 3.8) is 0 Å². The number of hydrogen-bond acceptors (Lipinski definition) is 5. The molecule has 0 unspecified atom stereocenters. The molecule has 2 atom stereocenters. The summed E-state index contributed by atoms with van der Waals surface area (Å²) in [5.41, 5.74) is 0.806. The molecule has 106 valence electrons. The van der Waals surface area contributed by atoms with Gasteiger partial charge in [0.25, 0.3) is 11.7 Å². The molecule has 0 bridgehead atoms. The number of aromatic nitrogens is 4. The second-order valence-electron chi connectivity index (χ2n) is 4.91. The Kier molecular flexibility index (Phi) is 3.31. The minimum atomic E-state index is -0.835. The zero-order valence-corrected chi connectivity index (χ0v) is 11.0. The van der Waals surface area contributed by atoms with Crippen molar-refractivity contribution in [2.75, 3.05) is 13.1 Å². The molecule has 0 saturated carbocycles. The summed E-state index contributed by atoms with van der Waals surface area (Å²) in [5, 5.41) is 13.4. The van der Waals surface area contributed by atoms with Crippen LogP contribution in [0.15, 0.2) is 12.3 Å². The van der Waals surface area contributed by atoms with E-state index in [4.69, 9.17) is 0 Å². The van der Waals surface area contributed by atoms with Gasteiger partial charge in [0.2, 0.25) is 5.82 Å². The minimum Gasteiger partial charge on any atom is -0.348 e. The third-order valence-corrected chi connectivity index (χ3v) is 3.30. The van der Waals surface area contributed by atoms with Gasteiger partial charge in [-0.3, -0.25) is 9.20 Å². The van der Waals surface area contributed by atoms with E-state index >= 15 is 0 Å². The topological polar surface area (TPSA) is 84.2 Å². The molecule has 0 aromatic carbocycles. The molecule has 1 saturated heterocycles. The first kappa shape index (κ1) is 12.9. The van der Waals surface area contributed by atoms with Crippen LogP contribution in [0.25, 0.3) is 5.78 Å². The molecule has 3 rings (SSSR count). The second-order valence-corrected chi connectivity index (χ2v) is 4.91. The van der Waals surface area contributed by atoms with Gasteiger partial charge >= 0.3 is 0 Å². The van der Waals surface area contributed by atoms with Gasteiger partial charge in [-0.05, 0) is 19.4 Å². The highest BCUT2D eigenvalue weighted by molar-refractivity contribution is 5.91. The summed E-state index contributed by atoms with van der Waals surface area (Å²) >= 11 is 0. The number of fused-ring (bicyclic) bond motifs is 1. The Labute approximate surface area is 114 Å². The minimum absolute atomic E-state index is 0.0338. The third kappa shape index (κ3) is 2.46. The van der Waals surface area contributed by atoms with Gasteiger partial charge in [0.1, 0.15) is 6.17 Å². The maximum atomic E-state index is 13.0. The fourth-order valence-electron chi connectivity index (χ4n) is 2.25. The number of nitrogens with one attached hydrogen (secondary N) is 2. The molecule has 20 heavy (non-hydrogen) atoms. The quantitative estimate of drug-likeness (QED) is 0.816. The maximum Gasteiger partial charge on any atom is 0.289 e. The van der Waals surface area contributed by atoms with Crippen molar-refractivity contribution in [2.45, 2.75) is 25.6 Å². The van der Waals surface area contributed by atoms with Gasteiger partial charge in [0.15, 0.2) is 0 Å². The van der Waals surface area contributed by atoms with Crippen LogP contribution in [0, 0.1) is 6.92 Å². The fourth-order valence-corrected chi connectivity index (χ4v) is 2.25. The van der Waals surface area contributed by atoms with Gasteiger partial charge in [-0.25, -0.2) is 9.37 Å². The summed E-state index contributed by atoms with van der Waals surface area (Å²) in [6.45, 7) is 2.55. The summed E-state index contributed by atoms with van der Waals surface area (Å²) in [6, 6.07) is 1.74. The average molecular weight is 278 g/mol. The van der Waals surface area contributed by atoms with Gasteiger partial charge in [0, 0.05) is 31.0 Å². The van der Waals surface area contributed by atoms with Crippen LogP contribution in [0.4, 0.5) is 4.39 Å². The van der Waals surface area contributed by atoms with Crippen LogP contribution >= 0.6 is 0 Å². The molecule has 1 aliphatic rings. The van der Waals surface area contributed by atoms with E-state index in [1.54, 1.807) is 12.3 Å². The third-order valence-electron chi connectivity index (χ3n) is 3.30. The smallest absolute Gasteiger partial charge is 0.289 e. The van der Waals surface area contributed by atoms with Gasteiger partial charge < -0.3 is 10.6 Å². The molecule has 2 aromatic rings. The number of amides is 1. The summed E-state index contributed by atoms with van der Waals surface area (Å²) in [7, 11) is 0. The molecule has 0 aliphatic carbocycles.